The third-order valence-electron chi connectivity index (χ3n) is 4.12. The zero-order valence-electron chi connectivity index (χ0n) is 13.8. The van der Waals surface area contributed by atoms with E-state index in [9.17, 15) is 0 Å². The predicted molar refractivity (Wildman–Crippen MR) is 102 cm³/mol. The second kappa shape index (κ2) is 6.33. The standard InChI is InChI=1S/C20H16BrNO3/c1-23-15-7-9-17-19(11-15)25-20-12-16(24-2)8-10-18(20)22(17)14-5-3-13(21)4-6-14/h3-12H,1-2H3. The average molecular weight is 398 g/mol. The lowest BCUT2D eigenvalue weighted by Gasteiger charge is -2.33. The van der Waals surface area contributed by atoms with Crippen molar-refractivity contribution in [3.05, 3.63) is 65.1 Å². The third-order valence-corrected chi connectivity index (χ3v) is 4.65. The van der Waals surface area contributed by atoms with E-state index in [1.165, 1.54) is 0 Å². The molecule has 0 saturated carbocycles. The second-order valence-electron chi connectivity index (χ2n) is 5.58. The van der Waals surface area contributed by atoms with Gasteiger partial charge in [-0.15, -0.1) is 0 Å². The van der Waals surface area contributed by atoms with Gasteiger partial charge in [-0.1, -0.05) is 15.9 Å². The van der Waals surface area contributed by atoms with E-state index < -0.39 is 0 Å². The lowest BCUT2D eigenvalue weighted by atomic mass is 10.1. The van der Waals surface area contributed by atoms with Crippen LogP contribution < -0.4 is 19.1 Å². The highest BCUT2D eigenvalue weighted by molar-refractivity contribution is 9.10. The Bertz CT molecular complexity index is 871. The summed E-state index contributed by atoms with van der Waals surface area (Å²) in [5.74, 6) is 2.98. The molecule has 3 aromatic carbocycles. The summed E-state index contributed by atoms with van der Waals surface area (Å²) in [6.07, 6.45) is 0. The van der Waals surface area contributed by atoms with Gasteiger partial charge in [-0.2, -0.15) is 0 Å². The van der Waals surface area contributed by atoms with Gasteiger partial charge >= 0.3 is 0 Å². The van der Waals surface area contributed by atoms with Crippen LogP contribution in [0.1, 0.15) is 0 Å². The van der Waals surface area contributed by atoms with Gasteiger partial charge in [-0.3, -0.25) is 0 Å². The number of nitrogens with zero attached hydrogens (tertiary/aromatic N) is 1. The van der Waals surface area contributed by atoms with Crippen molar-refractivity contribution in [1.29, 1.82) is 0 Å². The minimum absolute atomic E-state index is 0.739. The van der Waals surface area contributed by atoms with Gasteiger partial charge in [0.05, 0.1) is 25.6 Å². The molecular weight excluding hydrogens is 382 g/mol. The highest BCUT2D eigenvalue weighted by atomic mass is 79.9. The third kappa shape index (κ3) is 2.81. The zero-order valence-corrected chi connectivity index (χ0v) is 15.4. The molecule has 0 bridgehead atoms. The molecule has 25 heavy (non-hydrogen) atoms. The van der Waals surface area contributed by atoms with Crippen LogP contribution in [0.4, 0.5) is 17.1 Å². The lowest BCUT2D eigenvalue weighted by molar-refractivity contribution is 0.403. The maximum atomic E-state index is 6.13. The number of hydrogen-bond donors (Lipinski definition) is 0. The van der Waals surface area contributed by atoms with E-state index in [-0.39, 0.29) is 0 Å². The van der Waals surface area contributed by atoms with Gasteiger partial charge in [0.2, 0.25) is 0 Å². The fraction of sp³-hybridized carbons (Fsp3) is 0.100. The maximum absolute atomic E-state index is 6.13. The molecule has 0 spiro atoms. The number of rotatable bonds is 3. The summed E-state index contributed by atoms with van der Waals surface area (Å²) in [4.78, 5) is 2.17. The van der Waals surface area contributed by atoms with Crippen LogP contribution in [0.2, 0.25) is 0 Å². The fourth-order valence-corrected chi connectivity index (χ4v) is 3.16. The molecule has 3 aromatic rings. The molecular formula is C20H16BrNO3. The molecule has 0 saturated heterocycles. The fourth-order valence-electron chi connectivity index (χ4n) is 2.89. The molecule has 4 rings (SSSR count). The van der Waals surface area contributed by atoms with E-state index in [2.05, 4.69) is 33.0 Å². The van der Waals surface area contributed by atoms with Crippen LogP contribution in [-0.2, 0) is 0 Å². The van der Waals surface area contributed by atoms with E-state index in [1.54, 1.807) is 14.2 Å². The number of fused-ring (bicyclic) bond motifs is 2. The van der Waals surface area contributed by atoms with Crippen molar-refractivity contribution in [3.63, 3.8) is 0 Å². The van der Waals surface area contributed by atoms with E-state index >= 15 is 0 Å². The molecule has 1 aliphatic rings. The quantitative estimate of drug-likeness (QED) is 0.421. The van der Waals surface area contributed by atoms with Crippen molar-refractivity contribution >= 4 is 33.0 Å². The van der Waals surface area contributed by atoms with E-state index in [0.29, 0.717) is 0 Å². The summed E-state index contributed by atoms with van der Waals surface area (Å²) in [6.45, 7) is 0. The first-order chi connectivity index (χ1) is 12.2. The maximum Gasteiger partial charge on any atom is 0.155 e. The Morgan fingerprint density at radius 1 is 0.760 bits per heavy atom. The average Bonchev–Trinajstić information content (AvgIpc) is 2.66. The number of benzene rings is 3. The topological polar surface area (TPSA) is 30.9 Å². The Morgan fingerprint density at radius 2 is 1.28 bits per heavy atom. The molecule has 0 radical (unpaired) electrons. The number of ether oxygens (including phenoxy) is 3. The van der Waals surface area contributed by atoms with Crippen molar-refractivity contribution < 1.29 is 14.2 Å². The van der Waals surface area contributed by atoms with Gasteiger partial charge in [0, 0.05) is 22.3 Å². The first-order valence-electron chi connectivity index (χ1n) is 7.79. The van der Waals surface area contributed by atoms with Crippen LogP contribution in [0.3, 0.4) is 0 Å². The van der Waals surface area contributed by atoms with Gasteiger partial charge in [0.1, 0.15) is 11.5 Å². The largest absolute Gasteiger partial charge is 0.497 e. The monoisotopic (exact) mass is 397 g/mol. The highest BCUT2D eigenvalue weighted by Crippen LogP contribution is 2.52. The van der Waals surface area contributed by atoms with Crippen molar-refractivity contribution in [3.8, 4) is 23.0 Å². The number of halogens is 1. The lowest BCUT2D eigenvalue weighted by Crippen LogP contribution is -2.15. The van der Waals surface area contributed by atoms with Crippen LogP contribution >= 0.6 is 15.9 Å². The number of hydrogen-bond acceptors (Lipinski definition) is 4. The Balaban J connectivity index is 1.91. The molecule has 0 aliphatic carbocycles. The molecule has 0 N–H and O–H groups in total. The van der Waals surface area contributed by atoms with Crippen LogP contribution in [0.15, 0.2) is 65.1 Å². The predicted octanol–water partition coefficient (Wildman–Crippen LogP) is 6.04. The smallest absolute Gasteiger partial charge is 0.155 e. The molecule has 0 atom stereocenters. The molecule has 5 heteroatoms. The normalized spacial score (nSPS) is 12.0. The van der Waals surface area contributed by atoms with Crippen molar-refractivity contribution in [1.82, 2.24) is 0 Å². The molecule has 1 aliphatic heterocycles. The van der Waals surface area contributed by atoms with Crippen LogP contribution in [0.25, 0.3) is 0 Å². The summed E-state index contributed by atoms with van der Waals surface area (Å²) in [7, 11) is 3.29. The first kappa shape index (κ1) is 15.8. The summed E-state index contributed by atoms with van der Waals surface area (Å²) in [5, 5.41) is 0. The molecule has 1 heterocycles. The van der Waals surface area contributed by atoms with E-state index in [0.717, 1.165) is 44.5 Å². The SMILES string of the molecule is COc1ccc2c(c1)Oc1cc(OC)ccc1N2c1ccc(Br)cc1. The van der Waals surface area contributed by atoms with Crippen molar-refractivity contribution in [2.45, 2.75) is 0 Å². The van der Waals surface area contributed by atoms with Gasteiger partial charge in [-0.25, -0.2) is 0 Å². The summed E-state index contributed by atoms with van der Waals surface area (Å²) >= 11 is 3.49. The van der Waals surface area contributed by atoms with Crippen molar-refractivity contribution in [2.24, 2.45) is 0 Å². The van der Waals surface area contributed by atoms with Crippen LogP contribution in [0, 0.1) is 0 Å². The summed E-state index contributed by atoms with van der Waals surface area (Å²) in [6, 6.07) is 19.8. The molecule has 0 unspecified atom stereocenters. The van der Waals surface area contributed by atoms with Crippen LogP contribution in [0.5, 0.6) is 23.0 Å². The minimum Gasteiger partial charge on any atom is -0.497 e. The second-order valence-corrected chi connectivity index (χ2v) is 6.50. The minimum atomic E-state index is 0.739. The Morgan fingerprint density at radius 3 is 1.76 bits per heavy atom. The highest BCUT2D eigenvalue weighted by Gasteiger charge is 2.26. The van der Waals surface area contributed by atoms with E-state index in [4.69, 9.17) is 14.2 Å². The van der Waals surface area contributed by atoms with Crippen LogP contribution in [-0.4, -0.2) is 14.2 Å². The van der Waals surface area contributed by atoms with Gasteiger partial charge in [0.15, 0.2) is 11.5 Å². The Hall–Kier alpha value is -2.66. The summed E-state index contributed by atoms with van der Waals surface area (Å²) in [5.41, 5.74) is 2.96. The van der Waals surface area contributed by atoms with Crippen molar-refractivity contribution in [2.75, 3.05) is 19.1 Å². The number of methoxy groups -OCH3 is 2. The molecule has 4 nitrogen and oxygen atoms in total. The van der Waals surface area contributed by atoms with Gasteiger partial charge < -0.3 is 19.1 Å². The van der Waals surface area contributed by atoms with E-state index in [1.807, 2.05) is 48.5 Å². The molecule has 0 amide bonds. The van der Waals surface area contributed by atoms with Gasteiger partial charge in [0.25, 0.3) is 0 Å². The molecule has 0 fully saturated rings. The number of anilines is 3. The Labute approximate surface area is 154 Å². The molecule has 126 valence electrons. The zero-order chi connectivity index (χ0) is 17.4. The summed E-state index contributed by atoms with van der Waals surface area (Å²) < 4.78 is 17.8. The van der Waals surface area contributed by atoms with Gasteiger partial charge in [-0.05, 0) is 48.5 Å². The first-order valence-corrected chi connectivity index (χ1v) is 8.58. The Kier molecular flexibility index (Phi) is 4.01. The molecule has 0 aromatic heterocycles.